The van der Waals surface area contributed by atoms with Crippen LogP contribution in [0.5, 0.6) is 0 Å². The number of aromatic amines is 1. The van der Waals surface area contributed by atoms with Crippen LogP contribution in [0.1, 0.15) is 11.1 Å². The number of carbonyl (C=O) groups excluding carboxylic acids is 1. The Kier molecular flexibility index (Phi) is 4.69. The number of H-pyrrole nitrogens is 1. The molecule has 2 rings (SSSR count). The molecular formula is C12H16ClN3O2. The van der Waals surface area contributed by atoms with E-state index in [4.69, 9.17) is 5.73 Å². The summed E-state index contributed by atoms with van der Waals surface area (Å²) in [5, 5.41) is 7.94. The van der Waals surface area contributed by atoms with Gasteiger partial charge in [0.1, 0.15) is 6.04 Å². The van der Waals surface area contributed by atoms with E-state index in [-0.39, 0.29) is 12.4 Å². The first-order valence-electron chi connectivity index (χ1n) is 5.38. The van der Waals surface area contributed by atoms with Crippen molar-refractivity contribution in [3.8, 4) is 0 Å². The number of esters is 1. The molecule has 3 N–H and O–H groups in total. The summed E-state index contributed by atoms with van der Waals surface area (Å²) in [5.74, 6) is -0.394. The predicted octanol–water partition coefficient (Wildman–Crippen LogP) is 1.34. The van der Waals surface area contributed by atoms with Gasteiger partial charge in [0, 0.05) is 5.39 Å². The van der Waals surface area contributed by atoms with Gasteiger partial charge in [-0.3, -0.25) is 9.89 Å². The summed E-state index contributed by atoms with van der Waals surface area (Å²) in [6, 6.07) is 3.36. The van der Waals surface area contributed by atoms with Crippen molar-refractivity contribution in [1.29, 1.82) is 0 Å². The van der Waals surface area contributed by atoms with Gasteiger partial charge in [-0.25, -0.2) is 0 Å². The predicted molar refractivity (Wildman–Crippen MR) is 71.8 cm³/mol. The molecule has 0 unspecified atom stereocenters. The number of nitrogens with two attached hydrogens (primary N) is 1. The average molecular weight is 270 g/mol. The summed E-state index contributed by atoms with van der Waals surface area (Å²) in [5.41, 5.74) is 8.84. The van der Waals surface area contributed by atoms with Crippen molar-refractivity contribution in [3.05, 3.63) is 29.5 Å². The fourth-order valence-electron chi connectivity index (χ4n) is 1.92. The van der Waals surface area contributed by atoms with Crippen LogP contribution in [0.25, 0.3) is 10.9 Å². The number of halogens is 1. The van der Waals surface area contributed by atoms with Gasteiger partial charge >= 0.3 is 5.97 Å². The number of aromatic nitrogens is 2. The Labute approximate surface area is 111 Å². The van der Waals surface area contributed by atoms with E-state index >= 15 is 0 Å². The van der Waals surface area contributed by atoms with Gasteiger partial charge in [0.25, 0.3) is 0 Å². The fraction of sp³-hybridized carbons (Fsp3) is 0.333. The summed E-state index contributed by atoms with van der Waals surface area (Å²) >= 11 is 0. The van der Waals surface area contributed by atoms with Crippen LogP contribution in [0.15, 0.2) is 18.3 Å². The van der Waals surface area contributed by atoms with Gasteiger partial charge in [-0.15, -0.1) is 12.4 Å². The second-order valence-electron chi connectivity index (χ2n) is 4.08. The molecule has 0 fully saturated rings. The van der Waals surface area contributed by atoms with E-state index < -0.39 is 12.0 Å². The highest BCUT2D eigenvalue weighted by Crippen LogP contribution is 2.18. The minimum absolute atomic E-state index is 0. The Balaban J connectivity index is 0.00000162. The summed E-state index contributed by atoms with van der Waals surface area (Å²) in [6.07, 6.45) is 2.23. The number of rotatable bonds is 3. The van der Waals surface area contributed by atoms with Crippen molar-refractivity contribution in [3.63, 3.8) is 0 Å². The average Bonchev–Trinajstić information content (AvgIpc) is 2.76. The Morgan fingerprint density at radius 3 is 2.94 bits per heavy atom. The molecule has 2 aromatic rings. The second kappa shape index (κ2) is 5.84. The first kappa shape index (κ1) is 14.5. The van der Waals surface area contributed by atoms with E-state index in [2.05, 4.69) is 14.9 Å². The minimum atomic E-state index is -0.622. The van der Waals surface area contributed by atoms with Gasteiger partial charge in [0.05, 0.1) is 18.8 Å². The summed E-state index contributed by atoms with van der Waals surface area (Å²) in [4.78, 5) is 11.2. The van der Waals surface area contributed by atoms with Crippen LogP contribution < -0.4 is 5.73 Å². The molecule has 0 saturated carbocycles. The summed E-state index contributed by atoms with van der Waals surface area (Å²) in [6.45, 7) is 1.99. The molecule has 0 saturated heterocycles. The Morgan fingerprint density at radius 1 is 1.56 bits per heavy atom. The zero-order valence-corrected chi connectivity index (χ0v) is 11.1. The molecule has 0 aliphatic heterocycles. The molecular weight excluding hydrogens is 254 g/mol. The van der Waals surface area contributed by atoms with Crippen molar-refractivity contribution in [2.24, 2.45) is 5.73 Å². The second-order valence-corrected chi connectivity index (χ2v) is 4.08. The maximum Gasteiger partial charge on any atom is 0.322 e. The van der Waals surface area contributed by atoms with E-state index in [1.54, 1.807) is 6.20 Å². The van der Waals surface area contributed by atoms with Crippen molar-refractivity contribution >= 4 is 29.3 Å². The molecule has 1 heterocycles. The number of hydrogen-bond acceptors (Lipinski definition) is 4. The van der Waals surface area contributed by atoms with Gasteiger partial charge in [0.15, 0.2) is 0 Å². The Hall–Kier alpha value is -1.59. The van der Waals surface area contributed by atoms with Crippen LogP contribution in [0, 0.1) is 6.92 Å². The van der Waals surface area contributed by atoms with Crippen LogP contribution in [0.3, 0.4) is 0 Å². The third kappa shape index (κ3) is 2.80. The lowest BCUT2D eigenvalue weighted by molar-refractivity contribution is -0.142. The molecule has 1 atom stereocenters. The molecule has 0 aliphatic rings. The number of carbonyl (C=O) groups is 1. The van der Waals surface area contributed by atoms with Crippen LogP contribution in [0.4, 0.5) is 0 Å². The topological polar surface area (TPSA) is 81.0 Å². The molecule has 0 spiro atoms. The number of fused-ring (bicyclic) bond motifs is 1. The monoisotopic (exact) mass is 269 g/mol. The molecule has 0 amide bonds. The van der Waals surface area contributed by atoms with Gasteiger partial charge in [-0.1, -0.05) is 6.07 Å². The number of methoxy groups -OCH3 is 1. The SMILES string of the molecule is COC(=O)[C@H](N)Cc1cc(C)c2[nH]ncc2c1.Cl. The molecule has 0 bridgehead atoms. The largest absolute Gasteiger partial charge is 0.468 e. The van der Waals surface area contributed by atoms with Gasteiger partial charge in [0.2, 0.25) is 0 Å². The molecule has 98 valence electrons. The lowest BCUT2D eigenvalue weighted by atomic mass is 10.0. The number of aryl methyl sites for hydroxylation is 1. The molecule has 6 heteroatoms. The van der Waals surface area contributed by atoms with Crippen molar-refractivity contribution in [2.45, 2.75) is 19.4 Å². The highest BCUT2D eigenvalue weighted by atomic mass is 35.5. The first-order chi connectivity index (χ1) is 8.11. The zero-order chi connectivity index (χ0) is 12.4. The van der Waals surface area contributed by atoms with Gasteiger partial charge in [-0.2, -0.15) is 5.10 Å². The molecule has 18 heavy (non-hydrogen) atoms. The van der Waals surface area contributed by atoms with Gasteiger partial charge in [-0.05, 0) is 30.5 Å². The highest BCUT2D eigenvalue weighted by molar-refractivity contribution is 5.85. The van der Waals surface area contributed by atoms with Crippen LogP contribution in [-0.4, -0.2) is 29.3 Å². The van der Waals surface area contributed by atoms with Crippen molar-refractivity contribution in [2.75, 3.05) is 7.11 Å². The Bertz CT molecular complexity index is 553. The molecule has 1 aromatic carbocycles. The third-order valence-corrected chi connectivity index (χ3v) is 2.77. The lowest BCUT2D eigenvalue weighted by Gasteiger charge is -2.10. The summed E-state index contributed by atoms with van der Waals surface area (Å²) < 4.78 is 4.60. The highest BCUT2D eigenvalue weighted by Gasteiger charge is 2.15. The number of hydrogen-bond donors (Lipinski definition) is 2. The number of nitrogens with zero attached hydrogens (tertiary/aromatic N) is 1. The van der Waals surface area contributed by atoms with Crippen LogP contribution in [0.2, 0.25) is 0 Å². The third-order valence-electron chi connectivity index (χ3n) is 2.77. The van der Waals surface area contributed by atoms with E-state index in [1.807, 2.05) is 19.1 Å². The minimum Gasteiger partial charge on any atom is -0.468 e. The van der Waals surface area contributed by atoms with Crippen molar-refractivity contribution < 1.29 is 9.53 Å². The fourth-order valence-corrected chi connectivity index (χ4v) is 1.92. The van der Waals surface area contributed by atoms with E-state index in [1.165, 1.54) is 7.11 Å². The lowest BCUT2D eigenvalue weighted by Crippen LogP contribution is -2.33. The van der Waals surface area contributed by atoms with E-state index in [0.717, 1.165) is 22.0 Å². The van der Waals surface area contributed by atoms with E-state index in [0.29, 0.717) is 6.42 Å². The molecule has 1 aromatic heterocycles. The zero-order valence-electron chi connectivity index (χ0n) is 10.3. The maximum absolute atomic E-state index is 11.2. The first-order valence-corrected chi connectivity index (χ1v) is 5.38. The standard InChI is InChI=1S/C12H15N3O2.ClH/c1-7-3-8(5-10(13)12(16)17-2)4-9-6-14-15-11(7)9;/h3-4,6,10H,5,13H2,1-2H3,(H,14,15);1H/t10-;/m1./s1. The maximum atomic E-state index is 11.2. The Morgan fingerprint density at radius 2 is 2.28 bits per heavy atom. The number of ether oxygens (including phenoxy) is 1. The smallest absolute Gasteiger partial charge is 0.322 e. The summed E-state index contributed by atoms with van der Waals surface area (Å²) in [7, 11) is 1.34. The van der Waals surface area contributed by atoms with E-state index in [9.17, 15) is 4.79 Å². The number of benzene rings is 1. The molecule has 0 aliphatic carbocycles. The van der Waals surface area contributed by atoms with Gasteiger partial charge < -0.3 is 10.5 Å². The normalized spacial score (nSPS) is 11.9. The van der Waals surface area contributed by atoms with Crippen LogP contribution >= 0.6 is 12.4 Å². The quantitative estimate of drug-likeness (QED) is 0.824. The van der Waals surface area contributed by atoms with Crippen molar-refractivity contribution in [1.82, 2.24) is 10.2 Å². The molecule has 5 nitrogen and oxygen atoms in total. The number of nitrogens with one attached hydrogen (secondary N) is 1. The van der Waals surface area contributed by atoms with Crippen LogP contribution in [-0.2, 0) is 16.0 Å². The molecule has 0 radical (unpaired) electrons.